The van der Waals surface area contributed by atoms with Gasteiger partial charge >= 0.3 is 0 Å². The van der Waals surface area contributed by atoms with Crippen LogP contribution in [0.1, 0.15) is 36.6 Å². The number of nitrogens with zero attached hydrogens (tertiary/aromatic N) is 1. The lowest BCUT2D eigenvalue weighted by atomic mass is 9.99. The summed E-state index contributed by atoms with van der Waals surface area (Å²) in [5, 5.41) is 46.4. The van der Waals surface area contributed by atoms with Crippen LogP contribution in [0, 0.1) is 6.92 Å². The molecule has 2 aromatic rings. The molecule has 5 atom stereocenters. The number of aromatic nitrogens is 2. The molecule has 1 aliphatic rings. The van der Waals surface area contributed by atoms with Gasteiger partial charge in [0.05, 0.1) is 13.2 Å². The highest BCUT2D eigenvalue weighted by atomic mass is 16.7. The summed E-state index contributed by atoms with van der Waals surface area (Å²) in [7, 11) is 0. The van der Waals surface area contributed by atoms with Crippen molar-refractivity contribution >= 4 is 0 Å². The van der Waals surface area contributed by atoms with Crippen LogP contribution in [0.15, 0.2) is 24.3 Å². The fourth-order valence-electron chi connectivity index (χ4n) is 3.25. The summed E-state index contributed by atoms with van der Waals surface area (Å²) in [6, 6.07) is 7.76. The minimum Gasteiger partial charge on any atom is -0.494 e. The minimum absolute atomic E-state index is 0.222. The van der Waals surface area contributed by atoms with Gasteiger partial charge in [-0.15, -0.1) is 5.10 Å². The summed E-state index contributed by atoms with van der Waals surface area (Å²) < 4.78 is 16.8. The summed E-state index contributed by atoms with van der Waals surface area (Å²) in [6.45, 7) is 4.13. The molecule has 2 heterocycles. The van der Waals surface area contributed by atoms with E-state index in [0.29, 0.717) is 13.0 Å². The Labute approximate surface area is 175 Å². The van der Waals surface area contributed by atoms with Gasteiger partial charge < -0.3 is 34.6 Å². The molecule has 0 bridgehead atoms. The smallest absolute Gasteiger partial charge is 0.238 e. The molecule has 0 saturated carbocycles. The van der Waals surface area contributed by atoms with E-state index in [9.17, 15) is 20.4 Å². The van der Waals surface area contributed by atoms with E-state index in [0.717, 1.165) is 35.4 Å². The van der Waals surface area contributed by atoms with Crippen LogP contribution in [0.4, 0.5) is 0 Å². The number of aryl methyl sites for hydroxylation is 1. The second-order valence-corrected chi connectivity index (χ2v) is 7.47. The first-order valence-corrected chi connectivity index (χ1v) is 10.2. The number of unbranched alkanes of at least 4 members (excludes halogenated alkanes) is 1. The Morgan fingerprint density at radius 1 is 1.10 bits per heavy atom. The van der Waals surface area contributed by atoms with Gasteiger partial charge in [-0.2, -0.15) is 0 Å². The van der Waals surface area contributed by atoms with Crippen molar-refractivity contribution in [2.45, 2.75) is 63.8 Å². The van der Waals surface area contributed by atoms with E-state index in [1.807, 2.05) is 31.2 Å². The third-order valence-corrected chi connectivity index (χ3v) is 5.18. The van der Waals surface area contributed by atoms with Crippen LogP contribution in [0.5, 0.6) is 11.6 Å². The van der Waals surface area contributed by atoms with Gasteiger partial charge in [0, 0.05) is 17.7 Å². The summed E-state index contributed by atoms with van der Waals surface area (Å²) >= 11 is 0. The molecule has 0 aliphatic carbocycles. The van der Waals surface area contributed by atoms with E-state index in [-0.39, 0.29) is 5.88 Å². The Bertz CT molecular complexity index is 793. The van der Waals surface area contributed by atoms with E-state index in [1.165, 1.54) is 0 Å². The lowest BCUT2D eigenvalue weighted by molar-refractivity contribution is -0.278. The molecule has 1 aromatic carbocycles. The van der Waals surface area contributed by atoms with Crippen LogP contribution < -0.4 is 9.47 Å². The summed E-state index contributed by atoms with van der Waals surface area (Å²) in [4.78, 5) is 0. The van der Waals surface area contributed by atoms with Crippen molar-refractivity contribution < 1.29 is 34.6 Å². The highest BCUT2D eigenvalue weighted by Crippen LogP contribution is 2.28. The molecule has 1 aromatic heterocycles. The van der Waals surface area contributed by atoms with E-state index >= 15 is 0 Å². The first-order chi connectivity index (χ1) is 14.4. The second-order valence-electron chi connectivity index (χ2n) is 7.47. The maximum absolute atomic E-state index is 10.2. The van der Waals surface area contributed by atoms with Gasteiger partial charge in [0.25, 0.3) is 0 Å². The quantitative estimate of drug-likeness (QED) is 0.372. The number of aromatic amines is 1. The third kappa shape index (κ3) is 5.11. The number of hydrogen-bond donors (Lipinski definition) is 5. The highest BCUT2D eigenvalue weighted by molar-refractivity contribution is 5.37. The molecule has 0 amide bonds. The number of aliphatic hydroxyl groups is 4. The average molecular weight is 422 g/mol. The zero-order chi connectivity index (χ0) is 21.7. The molecule has 166 valence electrons. The van der Waals surface area contributed by atoms with Gasteiger partial charge in [0.2, 0.25) is 12.2 Å². The van der Waals surface area contributed by atoms with E-state index in [2.05, 4.69) is 17.1 Å². The fourth-order valence-corrected chi connectivity index (χ4v) is 3.25. The van der Waals surface area contributed by atoms with Gasteiger partial charge in [-0.25, -0.2) is 0 Å². The Hall–Kier alpha value is -2.17. The normalized spacial score (nSPS) is 26.5. The Morgan fingerprint density at radius 3 is 2.50 bits per heavy atom. The number of aliphatic hydroxyl groups excluding tert-OH is 4. The summed E-state index contributed by atoms with van der Waals surface area (Å²) in [5.41, 5.74) is 2.57. The molecule has 1 aliphatic heterocycles. The molecule has 9 heteroatoms. The van der Waals surface area contributed by atoms with Crippen molar-refractivity contribution in [3.63, 3.8) is 0 Å². The molecule has 3 rings (SSSR count). The second kappa shape index (κ2) is 10.2. The number of H-pyrrole nitrogens is 1. The van der Waals surface area contributed by atoms with Crippen LogP contribution in [-0.4, -0.2) is 74.5 Å². The fraction of sp³-hybridized carbons (Fsp3) is 0.571. The molecule has 5 N–H and O–H groups in total. The summed E-state index contributed by atoms with van der Waals surface area (Å²) in [5.74, 6) is 1.04. The lowest BCUT2D eigenvalue weighted by Crippen LogP contribution is -2.60. The number of benzene rings is 1. The van der Waals surface area contributed by atoms with E-state index < -0.39 is 37.3 Å². The Kier molecular flexibility index (Phi) is 7.68. The van der Waals surface area contributed by atoms with Gasteiger partial charge in [-0.05, 0) is 31.0 Å². The number of rotatable bonds is 9. The van der Waals surface area contributed by atoms with Crippen LogP contribution in [0.2, 0.25) is 0 Å². The highest BCUT2D eigenvalue weighted by Gasteiger charge is 2.45. The maximum Gasteiger partial charge on any atom is 0.238 e. The molecular weight excluding hydrogens is 392 g/mol. The zero-order valence-corrected chi connectivity index (χ0v) is 17.2. The van der Waals surface area contributed by atoms with Crippen molar-refractivity contribution in [3.05, 3.63) is 41.1 Å². The van der Waals surface area contributed by atoms with Crippen molar-refractivity contribution in [2.75, 3.05) is 13.2 Å². The largest absolute Gasteiger partial charge is 0.494 e. The van der Waals surface area contributed by atoms with Crippen LogP contribution >= 0.6 is 0 Å². The van der Waals surface area contributed by atoms with E-state index in [1.54, 1.807) is 0 Å². The Balaban J connectivity index is 1.69. The molecule has 0 radical (unpaired) electrons. The average Bonchev–Trinajstić information content (AvgIpc) is 3.09. The van der Waals surface area contributed by atoms with Gasteiger partial charge in [0.15, 0.2) is 0 Å². The minimum atomic E-state index is -1.51. The van der Waals surface area contributed by atoms with Crippen LogP contribution in [0.3, 0.4) is 0 Å². The van der Waals surface area contributed by atoms with Gasteiger partial charge in [-0.3, -0.25) is 5.10 Å². The summed E-state index contributed by atoms with van der Waals surface area (Å²) in [6.07, 6.45) is -4.16. The SMILES string of the molecule is CCCCOc1ccc(Cc2c(OC3O[C@H](CO)[C@@H](O)[C@H](O)[C@H]3O)n[nH]c2C)cc1. The molecule has 1 fully saturated rings. The molecule has 9 nitrogen and oxygen atoms in total. The molecule has 1 unspecified atom stereocenters. The topological polar surface area (TPSA) is 137 Å². The molecule has 1 saturated heterocycles. The predicted octanol–water partition coefficient (Wildman–Crippen LogP) is 0.667. The first kappa shape index (κ1) is 22.5. The number of nitrogens with one attached hydrogen (secondary N) is 1. The van der Waals surface area contributed by atoms with Crippen molar-refractivity contribution in [1.29, 1.82) is 0 Å². The van der Waals surface area contributed by atoms with Crippen molar-refractivity contribution in [2.24, 2.45) is 0 Å². The van der Waals surface area contributed by atoms with Gasteiger partial charge in [-0.1, -0.05) is 25.5 Å². The predicted molar refractivity (Wildman–Crippen MR) is 107 cm³/mol. The molecular formula is C21H30N2O7. The maximum atomic E-state index is 10.2. The standard InChI is InChI=1S/C21H30N2O7/c1-3-4-9-28-14-7-5-13(6-8-14)10-15-12(2)22-23-20(15)30-21-19(27)18(26)17(25)16(11-24)29-21/h5-8,16-19,21,24-27H,3-4,9-11H2,1-2H3,(H,22,23)/t16-,17-,18+,19-,21?/m1/s1. The van der Waals surface area contributed by atoms with Gasteiger partial charge in [0.1, 0.15) is 30.2 Å². The monoisotopic (exact) mass is 422 g/mol. The third-order valence-electron chi connectivity index (χ3n) is 5.18. The van der Waals surface area contributed by atoms with Crippen molar-refractivity contribution in [1.82, 2.24) is 10.2 Å². The van der Waals surface area contributed by atoms with Crippen molar-refractivity contribution in [3.8, 4) is 11.6 Å². The lowest BCUT2D eigenvalue weighted by Gasteiger charge is -2.39. The molecule has 0 spiro atoms. The molecule has 30 heavy (non-hydrogen) atoms. The van der Waals surface area contributed by atoms with Crippen LogP contribution in [-0.2, 0) is 11.2 Å². The zero-order valence-electron chi connectivity index (χ0n) is 17.2. The Morgan fingerprint density at radius 2 is 1.83 bits per heavy atom. The van der Waals surface area contributed by atoms with Crippen LogP contribution in [0.25, 0.3) is 0 Å². The van der Waals surface area contributed by atoms with E-state index in [4.69, 9.17) is 14.2 Å². The number of hydrogen-bond acceptors (Lipinski definition) is 8. The number of ether oxygens (including phenoxy) is 3. The first-order valence-electron chi connectivity index (χ1n) is 10.2.